The molecule has 3 aromatic heterocycles. The topological polar surface area (TPSA) is 87.1 Å². The summed E-state index contributed by atoms with van der Waals surface area (Å²) in [6, 6.07) is 6.59. The zero-order valence-corrected chi connectivity index (χ0v) is 20.1. The van der Waals surface area contributed by atoms with Crippen LogP contribution in [-0.2, 0) is 16.1 Å². The van der Waals surface area contributed by atoms with Gasteiger partial charge in [0.1, 0.15) is 17.8 Å². The zero-order valence-electron chi connectivity index (χ0n) is 19.3. The molecule has 1 unspecified atom stereocenters. The molecule has 3 aromatic rings. The minimum absolute atomic E-state index is 0.442. The highest BCUT2D eigenvalue weighted by Gasteiger charge is 2.28. The predicted octanol–water partition coefficient (Wildman–Crippen LogP) is 4.39. The third kappa shape index (κ3) is 5.28. The molecule has 172 valence electrons. The minimum Gasteiger partial charge on any atom is -0.356 e. The second-order valence-electron chi connectivity index (χ2n) is 8.87. The van der Waals surface area contributed by atoms with Crippen molar-refractivity contribution in [2.24, 2.45) is 10.3 Å². The summed E-state index contributed by atoms with van der Waals surface area (Å²) < 4.78 is 18.2. The lowest BCUT2D eigenvalue weighted by Crippen LogP contribution is -2.37. The summed E-state index contributed by atoms with van der Waals surface area (Å²) in [4.78, 5) is 18.7. The fraction of sp³-hybridized carbons (Fsp3) is 0.542. The molecule has 1 atom stereocenters. The highest BCUT2D eigenvalue weighted by molar-refractivity contribution is 7.93. The molecule has 0 amide bonds. The van der Waals surface area contributed by atoms with Crippen molar-refractivity contribution in [2.45, 2.75) is 52.0 Å². The van der Waals surface area contributed by atoms with E-state index in [4.69, 9.17) is 0 Å². The lowest BCUT2D eigenvalue weighted by molar-refractivity contribution is 0.342. The van der Waals surface area contributed by atoms with Crippen LogP contribution in [0.15, 0.2) is 41.3 Å². The Labute approximate surface area is 191 Å². The van der Waals surface area contributed by atoms with E-state index in [2.05, 4.69) is 42.3 Å². The number of anilines is 1. The van der Waals surface area contributed by atoms with E-state index in [0.29, 0.717) is 30.0 Å². The van der Waals surface area contributed by atoms with E-state index in [9.17, 15) is 4.21 Å². The number of aromatic nitrogens is 4. The minimum atomic E-state index is -2.20. The first-order valence-electron chi connectivity index (χ1n) is 11.6. The van der Waals surface area contributed by atoms with Crippen LogP contribution in [0.3, 0.4) is 0 Å². The summed E-state index contributed by atoms with van der Waals surface area (Å²) in [5, 5.41) is 1.06. The first-order valence-corrected chi connectivity index (χ1v) is 13.4. The molecule has 3 heterocycles. The van der Waals surface area contributed by atoms with E-state index >= 15 is 0 Å². The lowest BCUT2D eigenvalue weighted by Gasteiger charge is -2.35. The van der Waals surface area contributed by atoms with Gasteiger partial charge in [-0.2, -0.15) is 0 Å². The Balaban J connectivity index is 1.36. The average molecular weight is 455 g/mol. The number of hydrogen-bond acceptors (Lipinski definition) is 6. The average Bonchev–Trinajstić information content (AvgIpc) is 3.28. The Morgan fingerprint density at radius 3 is 2.69 bits per heavy atom. The quantitative estimate of drug-likeness (QED) is 0.545. The molecule has 0 saturated heterocycles. The van der Waals surface area contributed by atoms with Crippen molar-refractivity contribution in [2.75, 3.05) is 30.0 Å². The van der Waals surface area contributed by atoms with E-state index < -0.39 is 9.73 Å². The van der Waals surface area contributed by atoms with E-state index in [-0.39, 0.29) is 0 Å². The second-order valence-corrected chi connectivity index (χ2v) is 11.4. The second kappa shape index (κ2) is 9.98. The van der Waals surface area contributed by atoms with E-state index in [1.165, 1.54) is 0 Å². The van der Waals surface area contributed by atoms with Crippen LogP contribution in [-0.4, -0.2) is 55.3 Å². The summed E-state index contributed by atoms with van der Waals surface area (Å²) in [7, 11) is -0.0695. The lowest BCUT2D eigenvalue weighted by atomic mass is 9.86. The molecule has 8 heteroatoms. The summed E-state index contributed by atoms with van der Waals surface area (Å²) in [5.41, 5.74) is 3.02. The smallest absolute Gasteiger partial charge is 0.142 e. The molecular weight excluding hydrogens is 420 g/mol. The van der Waals surface area contributed by atoms with Gasteiger partial charge in [0.05, 0.1) is 5.39 Å². The number of fused-ring (bicyclic) bond motifs is 1. The molecule has 1 fully saturated rings. The van der Waals surface area contributed by atoms with Gasteiger partial charge >= 0.3 is 0 Å². The van der Waals surface area contributed by atoms with Gasteiger partial charge in [-0.25, -0.2) is 18.5 Å². The Bertz CT molecular complexity index is 1140. The van der Waals surface area contributed by atoms with Crippen LogP contribution in [0.2, 0.25) is 0 Å². The number of nitrogens with zero attached hydrogens (tertiary/aromatic N) is 5. The SMILES string of the molecule is CCN=S(=O)(CCc1ccc(C)nc1)CC1CCC(N(C)c2ncnc3[nH]ccc23)CC1. The van der Waals surface area contributed by atoms with Crippen LogP contribution >= 0.6 is 0 Å². The van der Waals surface area contributed by atoms with Gasteiger partial charge in [0.15, 0.2) is 0 Å². The Morgan fingerprint density at radius 2 is 1.97 bits per heavy atom. The molecule has 0 bridgehead atoms. The van der Waals surface area contributed by atoms with Gasteiger partial charge in [-0.3, -0.25) is 4.98 Å². The van der Waals surface area contributed by atoms with Crippen LogP contribution in [0.25, 0.3) is 11.0 Å². The van der Waals surface area contributed by atoms with E-state index in [0.717, 1.165) is 60.2 Å². The van der Waals surface area contributed by atoms with E-state index in [1.807, 2.05) is 38.4 Å². The van der Waals surface area contributed by atoms with Crippen molar-refractivity contribution in [3.8, 4) is 0 Å². The van der Waals surface area contributed by atoms with Gasteiger partial charge in [0.2, 0.25) is 0 Å². The molecular formula is C24H34N6OS. The molecule has 1 aliphatic rings. The van der Waals surface area contributed by atoms with Crippen molar-refractivity contribution in [1.29, 1.82) is 0 Å². The maximum atomic E-state index is 13.6. The normalized spacial score (nSPS) is 20.7. The van der Waals surface area contributed by atoms with Crippen molar-refractivity contribution in [3.05, 3.63) is 48.2 Å². The molecule has 0 aromatic carbocycles. The standard InChI is InChI=1S/C24H34N6OS/c1-4-29-32(31,14-12-19-6-5-18(2)26-15-19)16-20-7-9-21(10-8-20)30(3)24-22-11-13-25-23(22)27-17-28-24/h5-6,11,13,15,17,20-21H,4,7-10,12,14,16H2,1-3H3,(H,25,27,28). The molecule has 0 spiro atoms. The zero-order chi connectivity index (χ0) is 22.6. The number of H-pyrrole nitrogens is 1. The van der Waals surface area contributed by atoms with Crippen LogP contribution in [0, 0.1) is 12.8 Å². The maximum Gasteiger partial charge on any atom is 0.142 e. The van der Waals surface area contributed by atoms with Gasteiger partial charge in [-0.1, -0.05) is 6.07 Å². The highest BCUT2D eigenvalue weighted by atomic mass is 32.2. The summed E-state index contributed by atoms with van der Waals surface area (Å²) in [6.07, 6.45) is 10.5. The Hall–Kier alpha value is -2.48. The maximum absolute atomic E-state index is 13.6. The van der Waals surface area contributed by atoms with Gasteiger partial charge in [0.25, 0.3) is 0 Å². The summed E-state index contributed by atoms with van der Waals surface area (Å²) in [5.74, 6) is 2.79. The molecule has 7 nitrogen and oxygen atoms in total. The Kier molecular flexibility index (Phi) is 7.08. The first-order chi connectivity index (χ1) is 15.5. The number of rotatable bonds is 8. The molecule has 1 N–H and O–H groups in total. The molecule has 1 saturated carbocycles. The highest BCUT2D eigenvalue weighted by Crippen LogP contribution is 2.32. The number of pyridine rings is 1. The van der Waals surface area contributed by atoms with E-state index in [1.54, 1.807) is 6.33 Å². The van der Waals surface area contributed by atoms with Crippen molar-refractivity contribution in [1.82, 2.24) is 19.9 Å². The van der Waals surface area contributed by atoms with Crippen LogP contribution in [0.5, 0.6) is 0 Å². The fourth-order valence-electron chi connectivity index (χ4n) is 4.74. The number of nitrogens with one attached hydrogen (secondary N) is 1. The third-order valence-electron chi connectivity index (χ3n) is 6.57. The van der Waals surface area contributed by atoms with Gasteiger partial charge in [-0.05, 0) is 69.6 Å². The number of aryl methyl sites for hydroxylation is 2. The van der Waals surface area contributed by atoms with Crippen LogP contribution in [0.1, 0.15) is 43.9 Å². The van der Waals surface area contributed by atoms with Gasteiger partial charge in [-0.15, -0.1) is 0 Å². The molecule has 32 heavy (non-hydrogen) atoms. The van der Waals surface area contributed by atoms with Crippen molar-refractivity contribution >= 4 is 26.6 Å². The predicted molar refractivity (Wildman–Crippen MR) is 132 cm³/mol. The molecule has 0 radical (unpaired) electrons. The first kappa shape index (κ1) is 22.7. The fourth-order valence-corrected chi connectivity index (χ4v) is 7.24. The van der Waals surface area contributed by atoms with Crippen LogP contribution in [0.4, 0.5) is 5.82 Å². The number of aromatic amines is 1. The Morgan fingerprint density at radius 1 is 1.16 bits per heavy atom. The van der Waals surface area contributed by atoms with Gasteiger partial charge in [0, 0.05) is 59.0 Å². The van der Waals surface area contributed by atoms with Crippen LogP contribution < -0.4 is 4.90 Å². The molecule has 0 aliphatic heterocycles. The monoisotopic (exact) mass is 454 g/mol. The van der Waals surface area contributed by atoms with Gasteiger partial charge < -0.3 is 9.88 Å². The van der Waals surface area contributed by atoms with Crippen molar-refractivity contribution < 1.29 is 4.21 Å². The number of hydrogen-bond donors (Lipinski definition) is 1. The summed E-state index contributed by atoms with van der Waals surface area (Å²) in [6.45, 7) is 4.59. The summed E-state index contributed by atoms with van der Waals surface area (Å²) >= 11 is 0. The van der Waals surface area contributed by atoms with Crippen molar-refractivity contribution in [3.63, 3.8) is 0 Å². The molecule has 1 aliphatic carbocycles. The molecule has 4 rings (SSSR count). The largest absolute Gasteiger partial charge is 0.356 e. The third-order valence-corrected chi connectivity index (χ3v) is 9.14.